The number of hydrogen-bond donors (Lipinski definition) is 6. The molecule has 0 radical (unpaired) electrons. The van der Waals surface area contributed by atoms with Gasteiger partial charge in [-0.2, -0.15) is 0 Å². The number of rotatable bonds is 7. The van der Waals surface area contributed by atoms with Crippen molar-refractivity contribution in [2.24, 2.45) is 0 Å². The zero-order valence-electron chi connectivity index (χ0n) is 10.9. The number of carbonyl (C=O) groups excluding carboxylic acids is 4. The number of ether oxygens (including phenoxy) is 2. The molecule has 0 heterocycles. The SMILES string of the molecule is O=C(OC(=O)C(O)C(O)C(=O)OC(=O)C(O)CO)C(O)CO. The van der Waals surface area contributed by atoms with Crippen LogP contribution in [0.15, 0.2) is 0 Å². The average Bonchev–Trinajstić information content (AvgIpc) is 2.50. The maximum atomic E-state index is 11.2. The Labute approximate surface area is 122 Å². The normalized spacial score (nSPS) is 16.1. The average molecular weight is 326 g/mol. The molecule has 4 atom stereocenters. The summed E-state index contributed by atoms with van der Waals surface area (Å²) in [6, 6.07) is 0. The third kappa shape index (κ3) is 5.80. The minimum atomic E-state index is -2.65. The Kier molecular flexibility index (Phi) is 8.32. The van der Waals surface area contributed by atoms with E-state index in [9.17, 15) is 29.4 Å². The van der Waals surface area contributed by atoms with E-state index in [2.05, 4.69) is 9.47 Å². The minimum absolute atomic E-state index is 1.08. The molecule has 0 bridgehead atoms. The third-order valence-electron chi connectivity index (χ3n) is 2.07. The van der Waals surface area contributed by atoms with E-state index in [1.54, 1.807) is 0 Å². The van der Waals surface area contributed by atoms with Crippen molar-refractivity contribution in [3.05, 3.63) is 0 Å². The van der Waals surface area contributed by atoms with Gasteiger partial charge in [0.25, 0.3) is 0 Å². The topological polar surface area (TPSA) is 208 Å². The summed E-state index contributed by atoms with van der Waals surface area (Å²) in [5, 5.41) is 52.9. The van der Waals surface area contributed by atoms with Crippen LogP contribution in [0.5, 0.6) is 0 Å². The Bertz CT molecular complexity index is 392. The summed E-state index contributed by atoms with van der Waals surface area (Å²) >= 11 is 0. The van der Waals surface area contributed by atoms with Crippen molar-refractivity contribution >= 4 is 23.9 Å². The summed E-state index contributed by atoms with van der Waals surface area (Å²) in [5.41, 5.74) is 0. The molecule has 0 aromatic rings. The highest BCUT2D eigenvalue weighted by Crippen LogP contribution is 2.03. The monoisotopic (exact) mass is 326 g/mol. The summed E-state index contributed by atoms with van der Waals surface area (Å²) in [6.07, 6.45) is -9.47. The summed E-state index contributed by atoms with van der Waals surface area (Å²) in [7, 11) is 0. The first-order valence-corrected chi connectivity index (χ1v) is 5.60. The molecule has 0 fully saturated rings. The first-order valence-electron chi connectivity index (χ1n) is 5.60. The number of esters is 4. The molecule has 0 aliphatic carbocycles. The van der Waals surface area contributed by atoms with Crippen LogP contribution in [0, 0.1) is 0 Å². The fourth-order valence-electron chi connectivity index (χ4n) is 0.862. The largest absolute Gasteiger partial charge is 0.393 e. The highest BCUT2D eigenvalue weighted by Gasteiger charge is 2.36. The molecular weight excluding hydrogens is 312 g/mol. The zero-order chi connectivity index (χ0) is 17.4. The summed E-state index contributed by atoms with van der Waals surface area (Å²) in [4.78, 5) is 44.2. The molecule has 0 aliphatic heterocycles. The number of hydrogen-bond acceptors (Lipinski definition) is 12. The summed E-state index contributed by atoms with van der Waals surface area (Å²) in [5.74, 6) is -7.04. The van der Waals surface area contributed by atoms with Gasteiger partial charge in [0.1, 0.15) is 0 Å². The van der Waals surface area contributed by atoms with Crippen LogP contribution in [0.2, 0.25) is 0 Å². The van der Waals surface area contributed by atoms with Crippen molar-refractivity contribution in [1.82, 2.24) is 0 Å². The highest BCUT2D eigenvalue weighted by molar-refractivity contribution is 5.95. The fourth-order valence-corrected chi connectivity index (χ4v) is 0.862. The van der Waals surface area contributed by atoms with E-state index in [0.717, 1.165) is 0 Å². The van der Waals surface area contributed by atoms with Gasteiger partial charge < -0.3 is 40.1 Å². The van der Waals surface area contributed by atoms with E-state index in [-0.39, 0.29) is 0 Å². The maximum absolute atomic E-state index is 11.2. The first kappa shape index (κ1) is 20.0. The van der Waals surface area contributed by atoms with Crippen molar-refractivity contribution in [2.75, 3.05) is 13.2 Å². The molecule has 0 amide bonds. The van der Waals surface area contributed by atoms with Gasteiger partial charge in [-0.3, -0.25) is 0 Å². The van der Waals surface area contributed by atoms with Crippen LogP contribution in [-0.4, -0.2) is 92.1 Å². The van der Waals surface area contributed by atoms with Gasteiger partial charge >= 0.3 is 23.9 Å². The lowest BCUT2D eigenvalue weighted by Gasteiger charge is -2.15. The van der Waals surface area contributed by atoms with Gasteiger partial charge in [-0.05, 0) is 0 Å². The lowest BCUT2D eigenvalue weighted by atomic mass is 10.2. The van der Waals surface area contributed by atoms with E-state index in [1.165, 1.54) is 0 Å². The second-order valence-corrected chi connectivity index (χ2v) is 3.77. The molecule has 0 rings (SSSR count). The van der Waals surface area contributed by atoms with Gasteiger partial charge in [-0.25, -0.2) is 19.2 Å². The Morgan fingerprint density at radius 3 is 1.14 bits per heavy atom. The number of aliphatic hydroxyl groups is 6. The molecule has 6 N–H and O–H groups in total. The standard InChI is InChI=1S/C10H14O12/c11-1-3(13)7(17)21-9(19)5(15)6(16)10(20)22-8(18)4(14)2-12/h3-6,11-16H,1-2H2. The van der Waals surface area contributed by atoms with Crippen LogP contribution in [0.4, 0.5) is 0 Å². The van der Waals surface area contributed by atoms with E-state index < -0.39 is 61.5 Å². The van der Waals surface area contributed by atoms with Crippen LogP contribution in [0.25, 0.3) is 0 Å². The van der Waals surface area contributed by atoms with Crippen LogP contribution >= 0.6 is 0 Å². The van der Waals surface area contributed by atoms with Gasteiger partial charge in [0.15, 0.2) is 24.4 Å². The van der Waals surface area contributed by atoms with Crippen molar-refractivity contribution in [1.29, 1.82) is 0 Å². The Morgan fingerprint density at radius 1 is 0.636 bits per heavy atom. The zero-order valence-corrected chi connectivity index (χ0v) is 10.9. The van der Waals surface area contributed by atoms with Crippen LogP contribution < -0.4 is 0 Å². The molecular formula is C10H14O12. The molecule has 0 aromatic heterocycles. The molecule has 12 nitrogen and oxygen atoms in total. The van der Waals surface area contributed by atoms with Gasteiger partial charge in [0.2, 0.25) is 0 Å². The highest BCUT2D eigenvalue weighted by atomic mass is 16.6. The molecule has 0 saturated heterocycles. The molecule has 22 heavy (non-hydrogen) atoms. The van der Waals surface area contributed by atoms with Gasteiger partial charge in [-0.1, -0.05) is 0 Å². The summed E-state index contributed by atoms with van der Waals surface area (Å²) in [6.45, 7) is -2.17. The molecule has 126 valence electrons. The van der Waals surface area contributed by atoms with E-state index in [0.29, 0.717) is 0 Å². The molecule has 0 saturated carbocycles. The number of aliphatic hydroxyl groups excluding tert-OH is 6. The van der Waals surface area contributed by atoms with Crippen molar-refractivity contribution in [3.8, 4) is 0 Å². The van der Waals surface area contributed by atoms with Crippen LogP contribution in [0.3, 0.4) is 0 Å². The second kappa shape index (κ2) is 9.14. The van der Waals surface area contributed by atoms with Crippen molar-refractivity contribution in [3.63, 3.8) is 0 Å². The minimum Gasteiger partial charge on any atom is -0.393 e. The first-order chi connectivity index (χ1) is 10.1. The third-order valence-corrected chi connectivity index (χ3v) is 2.07. The summed E-state index contributed by atoms with van der Waals surface area (Å²) < 4.78 is 7.66. The van der Waals surface area contributed by atoms with Crippen molar-refractivity contribution < 1.29 is 59.3 Å². The molecule has 0 aliphatic rings. The second-order valence-electron chi connectivity index (χ2n) is 3.77. The fraction of sp³-hybridized carbons (Fsp3) is 0.600. The smallest absolute Gasteiger partial charge is 0.346 e. The predicted octanol–water partition coefficient (Wildman–Crippen LogP) is -5.45. The van der Waals surface area contributed by atoms with Gasteiger partial charge in [0.05, 0.1) is 13.2 Å². The van der Waals surface area contributed by atoms with Crippen LogP contribution in [0.1, 0.15) is 0 Å². The van der Waals surface area contributed by atoms with E-state index in [4.69, 9.17) is 20.4 Å². The maximum Gasteiger partial charge on any atom is 0.346 e. The Hall–Kier alpha value is -1.96. The van der Waals surface area contributed by atoms with Gasteiger partial charge in [0, 0.05) is 0 Å². The molecule has 0 spiro atoms. The molecule has 4 unspecified atom stereocenters. The predicted molar refractivity (Wildman–Crippen MR) is 60.4 cm³/mol. The van der Waals surface area contributed by atoms with Crippen LogP contribution in [-0.2, 0) is 28.7 Å². The molecule has 0 aromatic carbocycles. The van der Waals surface area contributed by atoms with Gasteiger partial charge in [-0.15, -0.1) is 0 Å². The van der Waals surface area contributed by atoms with Crippen molar-refractivity contribution in [2.45, 2.75) is 24.4 Å². The number of carbonyl (C=O) groups is 4. The van der Waals surface area contributed by atoms with E-state index >= 15 is 0 Å². The Morgan fingerprint density at radius 2 is 0.909 bits per heavy atom. The Balaban J connectivity index is 4.61. The molecule has 12 heteroatoms. The van der Waals surface area contributed by atoms with E-state index in [1.807, 2.05) is 0 Å². The quantitative estimate of drug-likeness (QED) is 0.191. The lowest BCUT2D eigenvalue weighted by Crippen LogP contribution is -2.45. The lowest BCUT2D eigenvalue weighted by molar-refractivity contribution is -0.185.